The van der Waals surface area contributed by atoms with Crippen LogP contribution in [0.2, 0.25) is 0 Å². The van der Waals surface area contributed by atoms with Crippen molar-refractivity contribution in [3.63, 3.8) is 0 Å². The summed E-state index contributed by atoms with van der Waals surface area (Å²) in [4.78, 5) is 14.4. The first kappa shape index (κ1) is 16.1. The fraction of sp³-hybridized carbons (Fsp3) is 0.211. The molecule has 3 rings (SSSR count). The zero-order chi connectivity index (χ0) is 17.1. The van der Waals surface area contributed by atoms with Crippen molar-refractivity contribution in [2.24, 2.45) is 0 Å². The molecule has 0 spiro atoms. The molecule has 2 N–H and O–H groups in total. The highest BCUT2D eigenvalue weighted by molar-refractivity contribution is 6.12. The lowest BCUT2D eigenvalue weighted by Crippen LogP contribution is -2.38. The number of hydrogen-bond donors (Lipinski definition) is 2. The lowest BCUT2D eigenvalue weighted by atomic mass is 10.1. The number of ether oxygens (including phenoxy) is 1. The lowest BCUT2D eigenvalue weighted by Gasteiger charge is -2.31. The van der Waals surface area contributed by atoms with Gasteiger partial charge in [0.2, 0.25) is 0 Å². The Bertz CT molecular complexity index is 786. The molecular weight excluding hydrogens is 304 g/mol. The molecule has 1 unspecified atom stereocenters. The SMILES string of the molecule is CCN1C(=O)/C(=C/C(O)c2ccccc2OC)Nc2ccccc21. The second-order valence-electron chi connectivity index (χ2n) is 5.46. The zero-order valence-corrected chi connectivity index (χ0v) is 13.7. The third-order valence-corrected chi connectivity index (χ3v) is 4.04. The number of amides is 1. The smallest absolute Gasteiger partial charge is 0.274 e. The van der Waals surface area contributed by atoms with Gasteiger partial charge in [-0.3, -0.25) is 4.79 Å². The number of anilines is 2. The maximum absolute atomic E-state index is 12.7. The number of nitrogens with one attached hydrogen (secondary N) is 1. The molecule has 2 aromatic carbocycles. The van der Waals surface area contributed by atoms with E-state index in [4.69, 9.17) is 4.74 Å². The number of carbonyl (C=O) groups is 1. The summed E-state index contributed by atoms with van der Waals surface area (Å²) in [5.74, 6) is 0.419. The van der Waals surface area contributed by atoms with Crippen LogP contribution in [0.15, 0.2) is 60.3 Å². The minimum absolute atomic E-state index is 0.162. The van der Waals surface area contributed by atoms with Gasteiger partial charge in [-0.25, -0.2) is 0 Å². The quantitative estimate of drug-likeness (QED) is 0.849. The second-order valence-corrected chi connectivity index (χ2v) is 5.46. The third-order valence-electron chi connectivity index (χ3n) is 4.04. The summed E-state index contributed by atoms with van der Waals surface area (Å²) in [7, 11) is 1.55. The number of aliphatic hydroxyl groups excluding tert-OH is 1. The maximum atomic E-state index is 12.7. The number of para-hydroxylation sites is 3. The number of likely N-dealkylation sites (N-methyl/N-ethyl adjacent to an activating group) is 1. The number of nitrogens with zero attached hydrogens (tertiary/aromatic N) is 1. The van der Waals surface area contributed by atoms with Gasteiger partial charge >= 0.3 is 0 Å². The van der Waals surface area contributed by atoms with Crippen molar-refractivity contribution in [1.29, 1.82) is 0 Å². The number of fused-ring (bicyclic) bond motifs is 1. The molecular formula is C19H20N2O3. The first-order chi connectivity index (χ1) is 11.7. The molecule has 0 saturated heterocycles. The van der Waals surface area contributed by atoms with E-state index in [0.29, 0.717) is 23.6 Å². The third kappa shape index (κ3) is 2.86. The zero-order valence-electron chi connectivity index (χ0n) is 13.7. The van der Waals surface area contributed by atoms with E-state index in [1.807, 2.05) is 43.3 Å². The molecule has 24 heavy (non-hydrogen) atoms. The molecule has 124 valence electrons. The molecule has 1 heterocycles. The summed E-state index contributed by atoms with van der Waals surface area (Å²) in [5, 5.41) is 13.7. The Morgan fingerprint density at radius 2 is 1.92 bits per heavy atom. The number of aliphatic hydroxyl groups is 1. The number of benzene rings is 2. The molecule has 1 atom stereocenters. The number of methoxy groups -OCH3 is 1. The van der Waals surface area contributed by atoms with Crippen molar-refractivity contribution < 1.29 is 14.6 Å². The Morgan fingerprint density at radius 1 is 1.21 bits per heavy atom. The van der Waals surface area contributed by atoms with Crippen LogP contribution < -0.4 is 15.0 Å². The Labute approximate surface area is 141 Å². The molecule has 0 radical (unpaired) electrons. The molecule has 1 amide bonds. The van der Waals surface area contributed by atoms with E-state index >= 15 is 0 Å². The molecule has 0 aliphatic carbocycles. The van der Waals surface area contributed by atoms with E-state index in [2.05, 4.69) is 5.32 Å². The second kappa shape index (κ2) is 6.76. The van der Waals surface area contributed by atoms with Gasteiger partial charge in [0.25, 0.3) is 5.91 Å². The van der Waals surface area contributed by atoms with Crippen molar-refractivity contribution in [3.05, 3.63) is 65.9 Å². The van der Waals surface area contributed by atoms with Crippen LogP contribution in [0.5, 0.6) is 5.75 Å². The molecule has 5 nitrogen and oxygen atoms in total. The van der Waals surface area contributed by atoms with Crippen LogP contribution in [0, 0.1) is 0 Å². The average Bonchev–Trinajstić information content (AvgIpc) is 2.62. The van der Waals surface area contributed by atoms with Crippen LogP contribution in [0.3, 0.4) is 0 Å². The Morgan fingerprint density at radius 3 is 2.67 bits per heavy atom. The number of hydrogen-bond acceptors (Lipinski definition) is 4. The van der Waals surface area contributed by atoms with E-state index < -0.39 is 6.10 Å². The predicted octanol–water partition coefficient (Wildman–Crippen LogP) is 3.09. The highest BCUT2D eigenvalue weighted by atomic mass is 16.5. The van der Waals surface area contributed by atoms with E-state index in [9.17, 15) is 9.90 Å². The van der Waals surface area contributed by atoms with Gasteiger partial charge < -0.3 is 20.1 Å². The van der Waals surface area contributed by atoms with Crippen molar-refractivity contribution >= 4 is 17.3 Å². The summed E-state index contributed by atoms with van der Waals surface area (Å²) in [6.45, 7) is 2.48. The molecule has 0 aromatic heterocycles. The van der Waals surface area contributed by atoms with Crippen LogP contribution in [-0.4, -0.2) is 24.7 Å². The standard InChI is InChI=1S/C19H20N2O3/c1-3-21-16-10-6-5-9-14(16)20-15(19(21)23)12-17(22)13-8-4-7-11-18(13)24-2/h4-12,17,20,22H,3H2,1-2H3/b15-12-. The normalized spacial score (nSPS) is 16.5. The molecule has 0 fully saturated rings. The predicted molar refractivity (Wildman–Crippen MR) is 94.1 cm³/mol. The topological polar surface area (TPSA) is 61.8 Å². The van der Waals surface area contributed by atoms with Gasteiger partial charge in [0, 0.05) is 12.1 Å². The Balaban J connectivity index is 1.97. The molecule has 1 aliphatic heterocycles. The highest BCUT2D eigenvalue weighted by Gasteiger charge is 2.27. The highest BCUT2D eigenvalue weighted by Crippen LogP contribution is 2.34. The lowest BCUT2D eigenvalue weighted by molar-refractivity contribution is -0.115. The summed E-state index contributed by atoms with van der Waals surface area (Å²) in [6.07, 6.45) is 0.579. The average molecular weight is 324 g/mol. The first-order valence-corrected chi connectivity index (χ1v) is 7.86. The largest absolute Gasteiger partial charge is 0.496 e. The summed E-state index contributed by atoms with van der Waals surface area (Å²) >= 11 is 0. The van der Waals surface area contributed by atoms with Gasteiger partial charge in [-0.05, 0) is 31.2 Å². The van der Waals surface area contributed by atoms with Gasteiger partial charge in [0.05, 0.1) is 18.5 Å². The maximum Gasteiger partial charge on any atom is 0.274 e. The number of carbonyl (C=O) groups excluding carboxylic acids is 1. The van der Waals surface area contributed by atoms with Crippen LogP contribution in [0.25, 0.3) is 0 Å². The Kier molecular flexibility index (Phi) is 4.53. The van der Waals surface area contributed by atoms with Gasteiger partial charge in [-0.1, -0.05) is 30.3 Å². The van der Waals surface area contributed by atoms with E-state index in [-0.39, 0.29) is 5.91 Å². The van der Waals surface area contributed by atoms with Gasteiger partial charge in [-0.15, -0.1) is 0 Å². The van der Waals surface area contributed by atoms with Crippen molar-refractivity contribution in [3.8, 4) is 5.75 Å². The summed E-state index contributed by atoms with van der Waals surface area (Å²) < 4.78 is 5.28. The minimum atomic E-state index is -0.948. The van der Waals surface area contributed by atoms with Crippen LogP contribution in [-0.2, 0) is 4.79 Å². The Hall–Kier alpha value is -2.79. The van der Waals surface area contributed by atoms with E-state index in [0.717, 1.165) is 11.4 Å². The van der Waals surface area contributed by atoms with Crippen LogP contribution in [0.1, 0.15) is 18.6 Å². The van der Waals surface area contributed by atoms with E-state index in [1.165, 1.54) is 6.08 Å². The summed E-state index contributed by atoms with van der Waals surface area (Å²) in [6, 6.07) is 14.8. The van der Waals surface area contributed by atoms with Gasteiger partial charge in [0.1, 0.15) is 17.6 Å². The molecule has 1 aliphatic rings. The van der Waals surface area contributed by atoms with E-state index in [1.54, 1.807) is 24.1 Å². The van der Waals surface area contributed by atoms with Crippen molar-refractivity contribution in [2.45, 2.75) is 13.0 Å². The van der Waals surface area contributed by atoms with Gasteiger partial charge in [0.15, 0.2) is 0 Å². The minimum Gasteiger partial charge on any atom is -0.496 e. The summed E-state index contributed by atoms with van der Waals surface area (Å²) in [5.41, 5.74) is 2.66. The first-order valence-electron chi connectivity index (χ1n) is 7.86. The van der Waals surface area contributed by atoms with Crippen LogP contribution in [0.4, 0.5) is 11.4 Å². The van der Waals surface area contributed by atoms with Crippen LogP contribution >= 0.6 is 0 Å². The molecule has 0 bridgehead atoms. The molecule has 5 heteroatoms. The van der Waals surface area contributed by atoms with Gasteiger partial charge in [-0.2, -0.15) is 0 Å². The van der Waals surface area contributed by atoms with Crippen molar-refractivity contribution in [1.82, 2.24) is 0 Å². The fourth-order valence-corrected chi connectivity index (χ4v) is 2.85. The molecule has 0 saturated carbocycles. The van der Waals surface area contributed by atoms with Crippen molar-refractivity contribution in [2.75, 3.05) is 23.9 Å². The molecule has 2 aromatic rings. The fourth-order valence-electron chi connectivity index (χ4n) is 2.85. The number of rotatable bonds is 4. The monoisotopic (exact) mass is 324 g/mol.